The lowest BCUT2D eigenvalue weighted by molar-refractivity contribution is 0.536. The topological polar surface area (TPSA) is 38.9 Å². The first-order chi connectivity index (χ1) is 5.56. The summed E-state index contributed by atoms with van der Waals surface area (Å²) in [5.41, 5.74) is 6.83. The molecule has 2 nitrogen and oxygen atoms in total. The van der Waals surface area contributed by atoms with Crippen molar-refractivity contribution in [3.05, 3.63) is 28.5 Å². The maximum atomic E-state index is 5.64. The summed E-state index contributed by atoms with van der Waals surface area (Å²) in [4.78, 5) is 4.15. The quantitative estimate of drug-likeness (QED) is 0.788. The van der Waals surface area contributed by atoms with Gasteiger partial charge in [-0.1, -0.05) is 19.9 Å². The summed E-state index contributed by atoms with van der Waals surface area (Å²) < 4.78 is 0.860. The van der Waals surface area contributed by atoms with Crippen molar-refractivity contribution in [2.45, 2.75) is 19.3 Å². The zero-order valence-corrected chi connectivity index (χ0v) is 8.93. The standard InChI is InChI=1S/C9H13BrN2/c1-9(2,6-11)7-3-4-8(10)12-5-7/h3-5H,6,11H2,1-2H3. The summed E-state index contributed by atoms with van der Waals surface area (Å²) in [5, 5.41) is 0. The molecule has 0 spiro atoms. The van der Waals surface area contributed by atoms with Crippen molar-refractivity contribution in [3.8, 4) is 0 Å². The second kappa shape index (κ2) is 3.54. The predicted octanol–water partition coefficient (Wildman–Crippen LogP) is 2.08. The first-order valence-electron chi connectivity index (χ1n) is 3.88. The van der Waals surface area contributed by atoms with Gasteiger partial charge in [-0.15, -0.1) is 0 Å². The molecule has 0 bridgehead atoms. The smallest absolute Gasteiger partial charge is 0.106 e. The van der Waals surface area contributed by atoms with Crippen LogP contribution in [0.2, 0.25) is 0 Å². The fourth-order valence-electron chi connectivity index (χ4n) is 0.894. The van der Waals surface area contributed by atoms with Crippen molar-refractivity contribution in [1.82, 2.24) is 4.98 Å². The summed E-state index contributed by atoms with van der Waals surface area (Å²) in [5.74, 6) is 0. The van der Waals surface area contributed by atoms with E-state index in [1.165, 1.54) is 5.56 Å². The van der Waals surface area contributed by atoms with Crippen LogP contribution in [-0.4, -0.2) is 11.5 Å². The van der Waals surface area contributed by atoms with E-state index in [1.807, 2.05) is 18.3 Å². The molecule has 0 aliphatic rings. The highest BCUT2D eigenvalue weighted by molar-refractivity contribution is 9.10. The van der Waals surface area contributed by atoms with E-state index in [0.717, 1.165) is 4.60 Å². The third-order valence-electron chi connectivity index (χ3n) is 2.02. The van der Waals surface area contributed by atoms with Gasteiger partial charge in [0.15, 0.2) is 0 Å². The minimum Gasteiger partial charge on any atom is -0.330 e. The van der Waals surface area contributed by atoms with Crippen molar-refractivity contribution in [2.24, 2.45) is 5.73 Å². The van der Waals surface area contributed by atoms with E-state index >= 15 is 0 Å². The summed E-state index contributed by atoms with van der Waals surface area (Å²) in [6, 6.07) is 3.98. The van der Waals surface area contributed by atoms with Crippen LogP contribution >= 0.6 is 15.9 Å². The molecule has 66 valence electrons. The average Bonchev–Trinajstić information content (AvgIpc) is 2.05. The zero-order valence-electron chi connectivity index (χ0n) is 7.34. The van der Waals surface area contributed by atoms with E-state index in [0.29, 0.717) is 6.54 Å². The molecule has 0 aliphatic carbocycles. The molecule has 1 aromatic rings. The normalized spacial score (nSPS) is 11.7. The number of aromatic nitrogens is 1. The highest BCUT2D eigenvalue weighted by Gasteiger charge is 2.18. The molecule has 0 saturated carbocycles. The van der Waals surface area contributed by atoms with Crippen LogP contribution in [0.4, 0.5) is 0 Å². The number of nitrogens with zero attached hydrogens (tertiary/aromatic N) is 1. The molecule has 1 rings (SSSR count). The average molecular weight is 229 g/mol. The SMILES string of the molecule is CC(C)(CN)c1ccc(Br)nc1. The van der Waals surface area contributed by atoms with Gasteiger partial charge in [0.2, 0.25) is 0 Å². The van der Waals surface area contributed by atoms with Gasteiger partial charge in [0.1, 0.15) is 4.60 Å². The predicted molar refractivity (Wildman–Crippen MR) is 54.0 cm³/mol. The Labute approximate surface area is 81.3 Å². The van der Waals surface area contributed by atoms with Gasteiger partial charge < -0.3 is 5.73 Å². The Bertz CT molecular complexity index is 254. The Balaban J connectivity index is 2.96. The second-order valence-electron chi connectivity index (χ2n) is 3.46. The van der Waals surface area contributed by atoms with Crippen molar-refractivity contribution in [2.75, 3.05) is 6.54 Å². The van der Waals surface area contributed by atoms with Gasteiger partial charge in [0.05, 0.1) is 0 Å². The maximum absolute atomic E-state index is 5.64. The monoisotopic (exact) mass is 228 g/mol. The summed E-state index contributed by atoms with van der Waals surface area (Å²) in [7, 11) is 0. The third-order valence-corrected chi connectivity index (χ3v) is 2.49. The van der Waals surface area contributed by atoms with Gasteiger partial charge >= 0.3 is 0 Å². The Morgan fingerprint density at radius 2 is 2.17 bits per heavy atom. The molecule has 12 heavy (non-hydrogen) atoms. The second-order valence-corrected chi connectivity index (χ2v) is 4.27. The molecular formula is C9H13BrN2. The molecule has 0 aliphatic heterocycles. The Hall–Kier alpha value is -0.410. The zero-order chi connectivity index (χ0) is 9.19. The van der Waals surface area contributed by atoms with Crippen LogP contribution in [0.15, 0.2) is 22.9 Å². The Morgan fingerprint density at radius 1 is 1.50 bits per heavy atom. The van der Waals surface area contributed by atoms with Crippen LogP contribution in [0, 0.1) is 0 Å². The van der Waals surface area contributed by atoms with Crippen molar-refractivity contribution < 1.29 is 0 Å². The van der Waals surface area contributed by atoms with E-state index < -0.39 is 0 Å². The first kappa shape index (κ1) is 9.68. The van der Waals surface area contributed by atoms with Crippen LogP contribution in [0.5, 0.6) is 0 Å². The van der Waals surface area contributed by atoms with E-state index in [2.05, 4.69) is 34.8 Å². The molecule has 2 N–H and O–H groups in total. The van der Waals surface area contributed by atoms with Gasteiger partial charge in [0.25, 0.3) is 0 Å². The van der Waals surface area contributed by atoms with Crippen LogP contribution in [0.25, 0.3) is 0 Å². The largest absolute Gasteiger partial charge is 0.330 e. The Kier molecular flexibility index (Phi) is 2.85. The molecule has 0 unspecified atom stereocenters. The highest BCUT2D eigenvalue weighted by atomic mass is 79.9. The van der Waals surface area contributed by atoms with Crippen LogP contribution < -0.4 is 5.73 Å². The molecule has 0 atom stereocenters. The molecule has 3 heteroatoms. The van der Waals surface area contributed by atoms with Gasteiger partial charge in [-0.3, -0.25) is 0 Å². The molecule has 0 fully saturated rings. The fraction of sp³-hybridized carbons (Fsp3) is 0.444. The highest BCUT2D eigenvalue weighted by Crippen LogP contribution is 2.21. The van der Waals surface area contributed by atoms with Gasteiger partial charge in [-0.25, -0.2) is 4.98 Å². The van der Waals surface area contributed by atoms with Crippen LogP contribution in [-0.2, 0) is 5.41 Å². The van der Waals surface area contributed by atoms with Crippen molar-refractivity contribution >= 4 is 15.9 Å². The lowest BCUT2D eigenvalue weighted by atomic mass is 9.86. The minimum absolute atomic E-state index is 0.0215. The first-order valence-corrected chi connectivity index (χ1v) is 4.67. The van der Waals surface area contributed by atoms with E-state index in [9.17, 15) is 0 Å². The molecule has 0 radical (unpaired) electrons. The molecule has 0 aromatic carbocycles. The van der Waals surface area contributed by atoms with E-state index in [-0.39, 0.29) is 5.41 Å². The van der Waals surface area contributed by atoms with Crippen LogP contribution in [0.1, 0.15) is 19.4 Å². The number of hydrogen-bond donors (Lipinski definition) is 1. The molecule has 0 saturated heterocycles. The number of pyridine rings is 1. The minimum atomic E-state index is 0.0215. The number of hydrogen-bond acceptors (Lipinski definition) is 2. The fourth-order valence-corrected chi connectivity index (χ4v) is 1.13. The molecule has 1 heterocycles. The Morgan fingerprint density at radius 3 is 2.58 bits per heavy atom. The maximum Gasteiger partial charge on any atom is 0.106 e. The van der Waals surface area contributed by atoms with Crippen molar-refractivity contribution in [1.29, 1.82) is 0 Å². The third kappa shape index (κ3) is 2.05. The number of rotatable bonds is 2. The molecular weight excluding hydrogens is 216 g/mol. The lowest BCUT2D eigenvalue weighted by Gasteiger charge is -2.22. The van der Waals surface area contributed by atoms with E-state index in [1.54, 1.807) is 0 Å². The summed E-state index contributed by atoms with van der Waals surface area (Å²) in [6.45, 7) is 4.85. The molecule has 0 amide bonds. The molecule has 1 aromatic heterocycles. The van der Waals surface area contributed by atoms with Gasteiger partial charge in [-0.05, 0) is 27.6 Å². The lowest BCUT2D eigenvalue weighted by Crippen LogP contribution is -2.28. The van der Waals surface area contributed by atoms with Crippen molar-refractivity contribution in [3.63, 3.8) is 0 Å². The van der Waals surface area contributed by atoms with Gasteiger partial charge in [-0.2, -0.15) is 0 Å². The number of halogens is 1. The summed E-state index contributed by atoms with van der Waals surface area (Å²) >= 11 is 3.29. The van der Waals surface area contributed by atoms with E-state index in [4.69, 9.17) is 5.73 Å². The summed E-state index contributed by atoms with van der Waals surface area (Å²) in [6.07, 6.45) is 1.86. The van der Waals surface area contributed by atoms with Crippen LogP contribution in [0.3, 0.4) is 0 Å². The van der Waals surface area contributed by atoms with Gasteiger partial charge in [0, 0.05) is 18.2 Å². The number of nitrogens with two attached hydrogens (primary N) is 1.